The van der Waals surface area contributed by atoms with Crippen molar-refractivity contribution in [2.45, 2.75) is 33.7 Å². The Bertz CT molecular complexity index is 522. The zero-order valence-corrected chi connectivity index (χ0v) is 13.2. The maximum atomic E-state index is 12.2. The number of carbonyl (C=O) groups is 1. The van der Waals surface area contributed by atoms with Gasteiger partial charge in [-0.3, -0.25) is 19.6 Å². The Balaban J connectivity index is 2.85. The quantitative estimate of drug-likeness (QED) is 0.601. The number of amides is 1. The van der Waals surface area contributed by atoms with Crippen molar-refractivity contribution in [1.29, 1.82) is 0 Å². The number of likely N-dealkylation sites (N-methyl/N-ethyl adjacent to an activating group) is 1. The third-order valence-electron chi connectivity index (χ3n) is 3.50. The third-order valence-corrected chi connectivity index (χ3v) is 3.50. The van der Waals surface area contributed by atoms with Crippen LogP contribution in [0.3, 0.4) is 0 Å². The van der Waals surface area contributed by atoms with E-state index < -0.39 is 10.8 Å². The maximum Gasteiger partial charge on any atom is 0.322 e. The van der Waals surface area contributed by atoms with Crippen molar-refractivity contribution in [2.24, 2.45) is 7.05 Å². The summed E-state index contributed by atoms with van der Waals surface area (Å²) < 4.78 is 1.35. The van der Waals surface area contributed by atoms with Crippen molar-refractivity contribution in [3.8, 4) is 0 Å². The number of aryl methyl sites for hydroxylation is 1. The zero-order chi connectivity index (χ0) is 16.2. The lowest BCUT2D eigenvalue weighted by atomic mass is 10.2. The lowest BCUT2D eigenvalue weighted by Gasteiger charge is -2.23. The second-order valence-electron chi connectivity index (χ2n) is 5.02. The topological polar surface area (TPSA) is 93.3 Å². The highest BCUT2D eigenvalue weighted by atomic mass is 16.6. The molecule has 0 saturated heterocycles. The van der Waals surface area contributed by atoms with E-state index in [1.54, 1.807) is 14.0 Å². The molecule has 0 spiro atoms. The van der Waals surface area contributed by atoms with Crippen LogP contribution in [-0.2, 0) is 7.05 Å². The fourth-order valence-electron chi connectivity index (χ4n) is 2.18. The summed E-state index contributed by atoms with van der Waals surface area (Å²) in [4.78, 5) is 24.9. The molecule has 1 heterocycles. The average Bonchev–Trinajstić information content (AvgIpc) is 2.72. The van der Waals surface area contributed by atoms with E-state index in [9.17, 15) is 14.9 Å². The van der Waals surface area contributed by atoms with Gasteiger partial charge in [0.15, 0.2) is 0 Å². The molecule has 0 aliphatic rings. The molecular weight excluding hydrogens is 274 g/mol. The normalized spacial score (nSPS) is 12.5. The van der Waals surface area contributed by atoms with Crippen molar-refractivity contribution >= 4 is 11.6 Å². The number of rotatable bonds is 7. The predicted octanol–water partition coefficient (Wildman–Crippen LogP) is 1.10. The van der Waals surface area contributed by atoms with Gasteiger partial charge in [-0.2, -0.15) is 5.10 Å². The summed E-state index contributed by atoms with van der Waals surface area (Å²) >= 11 is 0. The molecule has 0 bridgehead atoms. The van der Waals surface area contributed by atoms with Gasteiger partial charge in [-0.05, 0) is 26.9 Å². The number of aromatic nitrogens is 2. The summed E-state index contributed by atoms with van der Waals surface area (Å²) in [5.74, 6) is -0.509. The van der Waals surface area contributed by atoms with Gasteiger partial charge in [0, 0.05) is 19.6 Å². The van der Waals surface area contributed by atoms with Crippen LogP contribution in [0.2, 0.25) is 0 Å². The van der Waals surface area contributed by atoms with E-state index in [1.165, 1.54) is 4.68 Å². The lowest BCUT2D eigenvalue weighted by Crippen LogP contribution is -2.42. The van der Waals surface area contributed by atoms with Gasteiger partial charge in [0.25, 0.3) is 5.91 Å². The monoisotopic (exact) mass is 297 g/mol. The maximum absolute atomic E-state index is 12.2. The van der Waals surface area contributed by atoms with E-state index in [4.69, 9.17) is 0 Å². The van der Waals surface area contributed by atoms with E-state index >= 15 is 0 Å². The Morgan fingerprint density at radius 2 is 2.05 bits per heavy atom. The second-order valence-corrected chi connectivity index (χ2v) is 5.02. The minimum absolute atomic E-state index is 0.112. The Hall–Kier alpha value is -1.96. The fourth-order valence-corrected chi connectivity index (χ4v) is 2.18. The fraction of sp³-hybridized carbons (Fsp3) is 0.692. The highest BCUT2D eigenvalue weighted by molar-refractivity contribution is 5.96. The van der Waals surface area contributed by atoms with Crippen LogP contribution >= 0.6 is 0 Å². The van der Waals surface area contributed by atoms with Crippen LogP contribution in [0, 0.1) is 17.0 Å². The SMILES string of the molecule is CCN(CC)C[C@H](C)NC(=O)c1nn(C)c(C)c1[N+](=O)[O-]. The Morgan fingerprint density at radius 3 is 2.52 bits per heavy atom. The van der Waals surface area contributed by atoms with Crippen LogP contribution < -0.4 is 5.32 Å². The summed E-state index contributed by atoms with van der Waals surface area (Å²) in [5, 5.41) is 17.8. The summed E-state index contributed by atoms with van der Waals surface area (Å²) in [6.07, 6.45) is 0. The molecule has 8 nitrogen and oxygen atoms in total. The molecule has 1 N–H and O–H groups in total. The summed E-state index contributed by atoms with van der Waals surface area (Å²) in [6, 6.07) is -0.112. The molecule has 0 saturated carbocycles. The van der Waals surface area contributed by atoms with Crippen LogP contribution in [0.1, 0.15) is 37.0 Å². The molecule has 1 atom stereocenters. The van der Waals surface area contributed by atoms with Crippen molar-refractivity contribution < 1.29 is 9.72 Å². The van der Waals surface area contributed by atoms with Crippen LogP contribution in [-0.4, -0.2) is 51.2 Å². The minimum atomic E-state index is -0.563. The molecule has 0 radical (unpaired) electrons. The van der Waals surface area contributed by atoms with Crippen molar-refractivity contribution in [1.82, 2.24) is 20.0 Å². The van der Waals surface area contributed by atoms with Crippen molar-refractivity contribution in [3.63, 3.8) is 0 Å². The van der Waals surface area contributed by atoms with Gasteiger partial charge < -0.3 is 10.2 Å². The largest absolute Gasteiger partial charge is 0.347 e. The number of nitrogens with zero attached hydrogens (tertiary/aromatic N) is 4. The molecule has 1 aromatic heterocycles. The number of hydrogen-bond donors (Lipinski definition) is 1. The predicted molar refractivity (Wildman–Crippen MR) is 79.3 cm³/mol. The Kier molecular flexibility index (Phi) is 5.83. The third kappa shape index (κ3) is 4.01. The summed E-state index contributed by atoms with van der Waals surface area (Å²) in [7, 11) is 1.58. The van der Waals surface area contributed by atoms with Crippen LogP contribution in [0.15, 0.2) is 0 Å². The molecule has 21 heavy (non-hydrogen) atoms. The van der Waals surface area contributed by atoms with Gasteiger partial charge in [0.05, 0.1) is 4.92 Å². The molecule has 8 heteroatoms. The first-order valence-electron chi connectivity index (χ1n) is 7.02. The molecule has 1 aromatic rings. The molecule has 0 aliphatic heterocycles. The highest BCUT2D eigenvalue weighted by Gasteiger charge is 2.29. The molecule has 0 unspecified atom stereocenters. The number of carbonyl (C=O) groups excluding carboxylic acids is 1. The lowest BCUT2D eigenvalue weighted by molar-refractivity contribution is -0.385. The smallest absolute Gasteiger partial charge is 0.322 e. The average molecular weight is 297 g/mol. The number of nitro groups is 1. The minimum Gasteiger partial charge on any atom is -0.347 e. The van der Waals surface area contributed by atoms with E-state index in [1.807, 2.05) is 20.8 Å². The van der Waals surface area contributed by atoms with Gasteiger partial charge in [0.1, 0.15) is 5.69 Å². The molecule has 0 aromatic carbocycles. The summed E-state index contributed by atoms with van der Waals surface area (Å²) in [5.41, 5.74) is -0.00187. The summed E-state index contributed by atoms with van der Waals surface area (Å²) in [6.45, 7) is 10.0. The van der Waals surface area contributed by atoms with Gasteiger partial charge in [-0.15, -0.1) is 0 Å². The van der Waals surface area contributed by atoms with Gasteiger partial charge in [0.2, 0.25) is 5.69 Å². The van der Waals surface area contributed by atoms with Gasteiger partial charge in [-0.1, -0.05) is 13.8 Å². The number of hydrogen-bond acceptors (Lipinski definition) is 5. The van der Waals surface area contributed by atoms with E-state index in [0.717, 1.165) is 13.1 Å². The highest BCUT2D eigenvalue weighted by Crippen LogP contribution is 2.21. The first kappa shape index (κ1) is 17.1. The van der Waals surface area contributed by atoms with Crippen molar-refractivity contribution in [3.05, 3.63) is 21.5 Å². The van der Waals surface area contributed by atoms with Gasteiger partial charge >= 0.3 is 5.69 Å². The molecule has 0 aliphatic carbocycles. The van der Waals surface area contributed by atoms with Crippen LogP contribution in [0.4, 0.5) is 5.69 Å². The Labute approximate surface area is 124 Å². The first-order chi connectivity index (χ1) is 9.81. The molecular formula is C13H23N5O3. The Morgan fingerprint density at radius 1 is 1.48 bits per heavy atom. The van der Waals surface area contributed by atoms with Crippen molar-refractivity contribution in [2.75, 3.05) is 19.6 Å². The zero-order valence-electron chi connectivity index (χ0n) is 13.2. The molecule has 118 valence electrons. The number of nitrogens with one attached hydrogen (secondary N) is 1. The standard InChI is InChI=1S/C13H23N5O3/c1-6-17(7-2)8-9(3)14-13(19)11-12(18(20)21)10(4)16(5)15-11/h9H,6-8H2,1-5H3,(H,14,19)/t9-/m0/s1. The van der Waals surface area contributed by atoms with Crippen LogP contribution in [0.25, 0.3) is 0 Å². The second kappa shape index (κ2) is 7.16. The molecule has 1 rings (SSSR count). The van der Waals surface area contributed by atoms with E-state index in [0.29, 0.717) is 12.2 Å². The first-order valence-corrected chi connectivity index (χ1v) is 7.02. The van der Waals surface area contributed by atoms with E-state index in [-0.39, 0.29) is 17.4 Å². The molecule has 0 fully saturated rings. The van der Waals surface area contributed by atoms with E-state index in [2.05, 4.69) is 15.3 Å². The molecule has 1 amide bonds. The van der Waals surface area contributed by atoms with Crippen LogP contribution in [0.5, 0.6) is 0 Å². The van der Waals surface area contributed by atoms with Gasteiger partial charge in [-0.25, -0.2) is 0 Å².